The number of carboxylic acids is 1. The van der Waals surface area contributed by atoms with Crippen LogP contribution in [0, 0.1) is 5.82 Å². The fraction of sp³-hybridized carbons (Fsp3) is 0.333. The van der Waals surface area contributed by atoms with Gasteiger partial charge in [-0.05, 0) is 36.6 Å². The van der Waals surface area contributed by atoms with Crippen molar-refractivity contribution in [3.05, 3.63) is 29.6 Å². The van der Waals surface area contributed by atoms with Crippen LogP contribution in [-0.2, 0) is 0 Å². The minimum atomic E-state index is -1.18. The van der Waals surface area contributed by atoms with Crippen LogP contribution in [0.15, 0.2) is 18.2 Å². The topological polar surface area (TPSA) is 78.4 Å². The van der Waals surface area contributed by atoms with Gasteiger partial charge in [-0.2, -0.15) is 11.8 Å². The first-order valence-corrected chi connectivity index (χ1v) is 7.00. The molecule has 104 valence electrons. The number of carbonyl (C=O) groups is 2. The van der Waals surface area contributed by atoms with E-state index in [0.29, 0.717) is 6.54 Å². The number of urea groups is 1. The number of amides is 2. The number of nitrogens with one attached hydrogen (secondary N) is 2. The van der Waals surface area contributed by atoms with Crippen LogP contribution in [-0.4, -0.2) is 35.7 Å². The van der Waals surface area contributed by atoms with Crippen molar-refractivity contribution in [1.82, 2.24) is 5.32 Å². The summed E-state index contributed by atoms with van der Waals surface area (Å²) in [5.41, 5.74) is -0.235. The van der Waals surface area contributed by atoms with Crippen LogP contribution in [0.2, 0.25) is 0 Å². The van der Waals surface area contributed by atoms with Gasteiger partial charge in [0.25, 0.3) is 0 Å². The molecule has 3 N–H and O–H groups in total. The molecule has 2 amide bonds. The van der Waals surface area contributed by atoms with Crippen LogP contribution in [0.1, 0.15) is 16.8 Å². The zero-order valence-electron chi connectivity index (χ0n) is 10.4. The van der Waals surface area contributed by atoms with Gasteiger partial charge in [0.2, 0.25) is 0 Å². The first-order chi connectivity index (χ1) is 9.04. The minimum absolute atomic E-state index is 0.0842. The Bertz CT molecular complexity index is 468. The Morgan fingerprint density at radius 3 is 2.79 bits per heavy atom. The molecular formula is C12H15FN2O3S. The molecule has 0 unspecified atom stereocenters. The zero-order chi connectivity index (χ0) is 14.3. The molecular weight excluding hydrogens is 271 g/mol. The van der Waals surface area contributed by atoms with Crippen molar-refractivity contribution in [3.8, 4) is 0 Å². The lowest BCUT2D eigenvalue weighted by Crippen LogP contribution is -2.30. The highest BCUT2D eigenvalue weighted by molar-refractivity contribution is 7.98. The van der Waals surface area contributed by atoms with Gasteiger partial charge in [-0.3, -0.25) is 0 Å². The Balaban J connectivity index is 2.58. The molecule has 5 nitrogen and oxygen atoms in total. The van der Waals surface area contributed by atoms with Crippen LogP contribution < -0.4 is 10.6 Å². The molecule has 0 radical (unpaired) electrons. The van der Waals surface area contributed by atoms with E-state index in [9.17, 15) is 14.0 Å². The number of carbonyl (C=O) groups excluding carboxylic acids is 1. The van der Waals surface area contributed by atoms with Crippen LogP contribution >= 0.6 is 11.8 Å². The van der Waals surface area contributed by atoms with Crippen molar-refractivity contribution in [2.75, 3.05) is 23.9 Å². The van der Waals surface area contributed by atoms with E-state index in [1.165, 1.54) is 0 Å². The molecule has 1 aromatic rings. The number of thioether (sulfide) groups is 1. The maximum Gasteiger partial charge on any atom is 0.335 e. The Labute approximate surface area is 114 Å². The second kappa shape index (κ2) is 7.63. The molecule has 0 fully saturated rings. The van der Waals surface area contributed by atoms with Gasteiger partial charge in [0, 0.05) is 6.54 Å². The van der Waals surface area contributed by atoms with Gasteiger partial charge in [-0.15, -0.1) is 0 Å². The van der Waals surface area contributed by atoms with E-state index in [1.807, 2.05) is 6.26 Å². The summed E-state index contributed by atoms with van der Waals surface area (Å²) in [6.07, 6.45) is 2.78. The molecule has 19 heavy (non-hydrogen) atoms. The summed E-state index contributed by atoms with van der Waals surface area (Å²) >= 11 is 1.67. The van der Waals surface area contributed by atoms with Crippen LogP contribution in [0.5, 0.6) is 0 Å². The second-order valence-electron chi connectivity index (χ2n) is 3.73. The van der Waals surface area contributed by atoms with Crippen molar-refractivity contribution in [2.45, 2.75) is 6.42 Å². The predicted octanol–water partition coefficient (Wildman–Crippen LogP) is 2.40. The van der Waals surface area contributed by atoms with Gasteiger partial charge in [-0.25, -0.2) is 14.0 Å². The van der Waals surface area contributed by atoms with Crippen molar-refractivity contribution in [3.63, 3.8) is 0 Å². The standard InChI is InChI=1S/C12H15FN2O3S/c1-19-6-2-5-14-12(18)15-10-7-8(11(16)17)3-4-9(10)13/h3-4,7H,2,5-6H2,1H3,(H,16,17)(H2,14,15,18). The third-order valence-corrected chi connectivity index (χ3v) is 2.97. The third-order valence-electron chi connectivity index (χ3n) is 2.27. The largest absolute Gasteiger partial charge is 0.478 e. The molecule has 0 saturated heterocycles. The number of halogens is 1. The highest BCUT2D eigenvalue weighted by atomic mass is 32.2. The van der Waals surface area contributed by atoms with E-state index in [0.717, 1.165) is 30.4 Å². The molecule has 1 rings (SSSR count). The first kappa shape index (κ1) is 15.3. The van der Waals surface area contributed by atoms with Crippen molar-refractivity contribution >= 4 is 29.4 Å². The van der Waals surface area contributed by atoms with Crippen LogP contribution in [0.25, 0.3) is 0 Å². The predicted molar refractivity (Wildman–Crippen MR) is 73.4 cm³/mol. The van der Waals surface area contributed by atoms with Gasteiger partial charge in [-0.1, -0.05) is 0 Å². The summed E-state index contributed by atoms with van der Waals surface area (Å²) in [7, 11) is 0. The average molecular weight is 286 g/mol. The van der Waals surface area contributed by atoms with Crippen molar-refractivity contribution in [1.29, 1.82) is 0 Å². The van der Waals surface area contributed by atoms with Gasteiger partial charge < -0.3 is 15.7 Å². The Kier molecular flexibility index (Phi) is 6.14. The number of aromatic carboxylic acids is 1. The smallest absolute Gasteiger partial charge is 0.335 e. The number of hydrogen-bond acceptors (Lipinski definition) is 3. The molecule has 0 saturated carbocycles. The lowest BCUT2D eigenvalue weighted by Gasteiger charge is -2.08. The highest BCUT2D eigenvalue weighted by Crippen LogP contribution is 2.16. The zero-order valence-corrected chi connectivity index (χ0v) is 11.2. The second-order valence-corrected chi connectivity index (χ2v) is 4.71. The number of hydrogen-bond donors (Lipinski definition) is 3. The Hall–Kier alpha value is -1.76. The normalized spacial score (nSPS) is 10.0. The van der Waals surface area contributed by atoms with Crippen molar-refractivity contribution in [2.24, 2.45) is 0 Å². The Morgan fingerprint density at radius 1 is 1.42 bits per heavy atom. The van der Waals surface area contributed by atoms with E-state index in [-0.39, 0.29) is 11.3 Å². The molecule has 0 bridgehead atoms. The van der Waals surface area contributed by atoms with Gasteiger partial charge in [0.15, 0.2) is 0 Å². The molecule has 7 heteroatoms. The number of rotatable bonds is 6. The lowest BCUT2D eigenvalue weighted by atomic mass is 10.2. The van der Waals surface area contributed by atoms with Gasteiger partial charge in [0.05, 0.1) is 11.3 Å². The van der Waals surface area contributed by atoms with E-state index in [2.05, 4.69) is 10.6 Å². The molecule has 0 atom stereocenters. The van der Waals surface area contributed by atoms with Gasteiger partial charge in [0.1, 0.15) is 5.82 Å². The van der Waals surface area contributed by atoms with Crippen LogP contribution in [0.4, 0.5) is 14.9 Å². The van der Waals surface area contributed by atoms with Gasteiger partial charge >= 0.3 is 12.0 Å². The fourth-order valence-corrected chi connectivity index (χ4v) is 1.77. The number of carboxylic acid groups (broad SMARTS) is 1. The summed E-state index contributed by atoms with van der Waals surface area (Å²) in [6.45, 7) is 0.479. The molecule has 0 spiro atoms. The average Bonchev–Trinajstić information content (AvgIpc) is 2.37. The third kappa shape index (κ3) is 5.17. The minimum Gasteiger partial charge on any atom is -0.478 e. The van der Waals surface area contributed by atoms with E-state index >= 15 is 0 Å². The molecule has 0 aliphatic rings. The molecule has 0 aromatic heterocycles. The summed E-state index contributed by atoms with van der Waals surface area (Å²) < 4.78 is 13.4. The molecule has 1 aromatic carbocycles. The monoisotopic (exact) mass is 286 g/mol. The van der Waals surface area contributed by atoms with Crippen molar-refractivity contribution < 1.29 is 19.1 Å². The maximum atomic E-state index is 13.4. The maximum absolute atomic E-state index is 13.4. The molecule has 0 aliphatic heterocycles. The lowest BCUT2D eigenvalue weighted by molar-refractivity contribution is 0.0697. The quantitative estimate of drug-likeness (QED) is 0.702. The SMILES string of the molecule is CSCCCNC(=O)Nc1cc(C(=O)O)ccc1F. The Morgan fingerprint density at radius 2 is 2.16 bits per heavy atom. The van der Waals surface area contributed by atoms with E-state index < -0.39 is 17.8 Å². The van der Waals surface area contributed by atoms with E-state index in [4.69, 9.17) is 5.11 Å². The van der Waals surface area contributed by atoms with E-state index in [1.54, 1.807) is 11.8 Å². The number of anilines is 1. The fourth-order valence-electron chi connectivity index (χ4n) is 1.34. The number of benzene rings is 1. The summed E-state index contributed by atoms with van der Waals surface area (Å²) in [5, 5.41) is 13.6. The summed E-state index contributed by atoms with van der Waals surface area (Å²) in [5.74, 6) is -0.934. The van der Waals surface area contributed by atoms with Crippen LogP contribution in [0.3, 0.4) is 0 Å². The highest BCUT2D eigenvalue weighted by Gasteiger charge is 2.10. The molecule has 0 aliphatic carbocycles. The molecule has 0 heterocycles. The summed E-state index contributed by atoms with van der Waals surface area (Å²) in [4.78, 5) is 22.2. The summed E-state index contributed by atoms with van der Waals surface area (Å²) in [6, 6.07) is 2.67. The first-order valence-electron chi connectivity index (χ1n) is 5.61.